The van der Waals surface area contributed by atoms with Crippen molar-refractivity contribution < 1.29 is 9.59 Å². The molecule has 1 aliphatic rings. The maximum Gasteiger partial charge on any atom is 0.229 e. The zero-order chi connectivity index (χ0) is 13.3. The molecule has 0 bridgehead atoms. The van der Waals surface area contributed by atoms with Crippen LogP contribution in [0.2, 0.25) is 0 Å². The number of amides is 1. The molecule has 0 spiro atoms. The number of halogens is 1. The lowest BCUT2D eigenvalue weighted by Crippen LogP contribution is -2.26. The van der Waals surface area contributed by atoms with Crippen LogP contribution < -0.4 is 4.90 Å². The number of rotatable bonds is 2. The number of aromatic nitrogens is 1. The van der Waals surface area contributed by atoms with Crippen LogP contribution in [0.1, 0.15) is 18.9 Å². The van der Waals surface area contributed by atoms with Crippen molar-refractivity contribution >= 4 is 44.5 Å². The van der Waals surface area contributed by atoms with Gasteiger partial charge in [-0.25, -0.2) is 4.98 Å². The highest BCUT2D eigenvalue weighted by molar-refractivity contribution is 9.10. The van der Waals surface area contributed by atoms with Gasteiger partial charge in [0.25, 0.3) is 0 Å². The van der Waals surface area contributed by atoms with Crippen molar-refractivity contribution in [3.8, 4) is 0 Å². The van der Waals surface area contributed by atoms with Crippen LogP contribution in [-0.2, 0) is 9.59 Å². The number of hydrogen-bond donors (Lipinski definition) is 0. The van der Waals surface area contributed by atoms with Gasteiger partial charge in [0.15, 0.2) is 5.12 Å². The van der Waals surface area contributed by atoms with Crippen molar-refractivity contribution in [2.45, 2.75) is 25.5 Å². The van der Waals surface area contributed by atoms with Crippen molar-refractivity contribution in [1.29, 1.82) is 0 Å². The molecule has 6 heteroatoms. The van der Waals surface area contributed by atoms with Crippen LogP contribution in [0, 0.1) is 6.92 Å². The summed E-state index contributed by atoms with van der Waals surface area (Å²) in [7, 11) is 0. The molecule has 1 fully saturated rings. The highest BCUT2D eigenvalue weighted by Gasteiger charge is 2.33. The average molecular weight is 329 g/mol. The minimum absolute atomic E-state index is 0.0300. The minimum Gasteiger partial charge on any atom is -0.295 e. The average Bonchev–Trinajstić information content (AvgIpc) is 2.62. The molecule has 0 aromatic carbocycles. The molecule has 0 N–H and O–H groups in total. The van der Waals surface area contributed by atoms with Gasteiger partial charge in [0.05, 0.1) is 0 Å². The molecule has 96 valence electrons. The van der Waals surface area contributed by atoms with Gasteiger partial charge in [-0.2, -0.15) is 0 Å². The molecule has 0 saturated carbocycles. The first-order chi connectivity index (χ1) is 8.47. The summed E-state index contributed by atoms with van der Waals surface area (Å²) in [6.07, 6.45) is 0.401. The Morgan fingerprint density at radius 1 is 1.56 bits per heavy atom. The molecule has 18 heavy (non-hydrogen) atoms. The monoisotopic (exact) mass is 328 g/mol. The molecule has 2 rings (SSSR count). The molecule has 1 saturated heterocycles. The summed E-state index contributed by atoms with van der Waals surface area (Å²) in [4.78, 5) is 29.1. The van der Waals surface area contributed by atoms with Crippen molar-refractivity contribution in [2.24, 2.45) is 0 Å². The number of nitrogens with zero attached hydrogens (tertiary/aromatic N) is 2. The normalized spacial score (nSPS) is 19.4. The number of aryl methyl sites for hydroxylation is 1. The zero-order valence-electron chi connectivity index (χ0n) is 10.1. The van der Waals surface area contributed by atoms with Gasteiger partial charge in [0.2, 0.25) is 5.91 Å². The van der Waals surface area contributed by atoms with E-state index in [4.69, 9.17) is 0 Å². The van der Waals surface area contributed by atoms with Gasteiger partial charge in [0.1, 0.15) is 10.4 Å². The largest absolute Gasteiger partial charge is 0.295 e. The van der Waals surface area contributed by atoms with E-state index in [2.05, 4.69) is 20.9 Å². The molecule has 0 radical (unpaired) electrons. The first kappa shape index (κ1) is 13.5. The molecule has 4 nitrogen and oxygen atoms in total. The lowest BCUT2D eigenvalue weighted by molar-refractivity contribution is -0.117. The van der Waals surface area contributed by atoms with Crippen molar-refractivity contribution in [1.82, 2.24) is 4.98 Å². The van der Waals surface area contributed by atoms with Gasteiger partial charge in [-0.05, 0) is 34.5 Å². The molecule has 1 unspecified atom stereocenters. The Morgan fingerprint density at radius 3 is 2.94 bits per heavy atom. The predicted molar refractivity (Wildman–Crippen MR) is 75.7 cm³/mol. The van der Waals surface area contributed by atoms with Gasteiger partial charge >= 0.3 is 0 Å². The Morgan fingerprint density at radius 2 is 2.28 bits per heavy atom. The summed E-state index contributed by atoms with van der Waals surface area (Å²) in [6.45, 7) is 4.00. The van der Waals surface area contributed by atoms with E-state index in [0.29, 0.717) is 23.4 Å². The smallest absolute Gasteiger partial charge is 0.229 e. The van der Waals surface area contributed by atoms with Crippen molar-refractivity contribution in [3.05, 3.63) is 22.3 Å². The van der Waals surface area contributed by atoms with Crippen LogP contribution >= 0.6 is 27.7 Å². The standard InChI is InChI=1S/C12H13BrN2O2S/c1-7-3-4-10(13)14-12(7)15-6-9(5-11(15)17)18-8(2)16/h3-4,9H,5-6H2,1-2H3. The summed E-state index contributed by atoms with van der Waals surface area (Å²) in [5.41, 5.74) is 0.958. The van der Waals surface area contributed by atoms with Crippen molar-refractivity contribution in [2.75, 3.05) is 11.4 Å². The van der Waals surface area contributed by atoms with Gasteiger partial charge in [-0.3, -0.25) is 14.5 Å². The quantitative estimate of drug-likeness (QED) is 0.783. The van der Waals surface area contributed by atoms with Crippen LogP contribution in [0.4, 0.5) is 5.82 Å². The van der Waals surface area contributed by atoms with E-state index >= 15 is 0 Å². The maximum absolute atomic E-state index is 12.0. The highest BCUT2D eigenvalue weighted by atomic mass is 79.9. The molecule has 0 aliphatic carbocycles. The fraction of sp³-hybridized carbons (Fsp3) is 0.417. The third-order valence-electron chi connectivity index (χ3n) is 2.71. The first-order valence-corrected chi connectivity index (χ1v) is 7.25. The van der Waals surface area contributed by atoms with Gasteiger partial charge in [-0.1, -0.05) is 17.8 Å². The molecule has 1 aromatic rings. The zero-order valence-corrected chi connectivity index (χ0v) is 12.5. The second kappa shape index (κ2) is 5.40. The molecule has 1 aromatic heterocycles. The fourth-order valence-corrected chi connectivity index (χ4v) is 3.18. The van der Waals surface area contributed by atoms with E-state index in [1.807, 2.05) is 19.1 Å². The van der Waals surface area contributed by atoms with Crippen molar-refractivity contribution in [3.63, 3.8) is 0 Å². The van der Waals surface area contributed by atoms with E-state index in [0.717, 1.165) is 5.56 Å². The van der Waals surface area contributed by atoms with E-state index in [1.54, 1.807) is 4.90 Å². The van der Waals surface area contributed by atoms with E-state index in [-0.39, 0.29) is 16.3 Å². The molecule has 1 amide bonds. The van der Waals surface area contributed by atoms with Crippen LogP contribution in [0.3, 0.4) is 0 Å². The molecule has 1 atom stereocenters. The lowest BCUT2D eigenvalue weighted by atomic mass is 10.3. The highest BCUT2D eigenvalue weighted by Crippen LogP contribution is 2.30. The third kappa shape index (κ3) is 2.92. The molecular weight excluding hydrogens is 316 g/mol. The summed E-state index contributed by atoms with van der Waals surface area (Å²) >= 11 is 4.54. The Labute approximate surface area is 118 Å². The van der Waals surface area contributed by atoms with E-state index in [1.165, 1.54) is 18.7 Å². The first-order valence-electron chi connectivity index (χ1n) is 5.58. The molecule has 1 aliphatic heterocycles. The van der Waals surface area contributed by atoms with E-state index in [9.17, 15) is 9.59 Å². The topological polar surface area (TPSA) is 50.3 Å². The predicted octanol–water partition coefficient (Wildman–Crippen LogP) is 2.54. The summed E-state index contributed by atoms with van der Waals surface area (Å²) in [6, 6.07) is 3.77. The Kier molecular flexibility index (Phi) is 4.07. The van der Waals surface area contributed by atoms with Crippen LogP contribution in [0.25, 0.3) is 0 Å². The number of thioether (sulfide) groups is 1. The maximum atomic E-state index is 12.0. The van der Waals surface area contributed by atoms with Crippen LogP contribution in [0.15, 0.2) is 16.7 Å². The summed E-state index contributed by atoms with van der Waals surface area (Å²) in [5, 5.41) is 0.0868. The second-order valence-electron chi connectivity index (χ2n) is 4.21. The fourth-order valence-electron chi connectivity index (χ4n) is 1.96. The number of pyridine rings is 1. The SMILES string of the molecule is CC(=O)SC1CC(=O)N(c2nc(Br)ccc2C)C1. The van der Waals surface area contributed by atoms with Crippen LogP contribution in [0.5, 0.6) is 0 Å². The Hall–Kier alpha value is -0.880. The molecular formula is C12H13BrN2O2S. The second-order valence-corrected chi connectivity index (χ2v) is 6.50. The summed E-state index contributed by atoms with van der Waals surface area (Å²) < 4.78 is 0.707. The molecule has 2 heterocycles. The number of carbonyl (C=O) groups is 2. The Balaban J connectivity index is 2.21. The van der Waals surface area contributed by atoms with Crippen LogP contribution in [-0.4, -0.2) is 27.8 Å². The number of hydrogen-bond acceptors (Lipinski definition) is 4. The Bertz CT molecular complexity index is 507. The lowest BCUT2D eigenvalue weighted by Gasteiger charge is -2.17. The van der Waals surface area contributed by atoms with E-state index < -0.39 is 0 Å². The number of anilines is 1. The van der Waals surface area contributed by atoms with Gasteiger partial charge in [-0.15, -0.1) is 0 Å². The summed E-state index contributed by atoms with van der Waals surface area (Å²) in [5.74, 6) is 0.712. The third-order valence-corrected chi connectivity index (χ3v) is 4.14. The van der Waals surface area contributed by atoms with Gasteiger partial charge < -0.3 is 0 Å². The minimum atomic E-state index is 0.0300. The van der Waals surface area contributed by atoms with Gasteiger partial charge in [0, 0.05) is 25.1 Å². The number of carbonyl (C=O) groups excluding carboxylic acids is 2.